The number of carbonyl (C=O) groups is 1. The maximum atomic E-state index is 12.5. The number of carbonyl (C=O) groups excluding carboxylic acids is 1. The maximum Gasteiger partial charge on any atom is 0.255 e. The molecule has 0 unspecified atom stereocenters. The highest BCUT2D eigenvalue weighted by molar-refractivity contribution is 7.19. The third-order valence-electron chi connectivity index (χ3n) is 4.41. The quantitative estimate of drug-likeness (QED) is 0.539. The van der Waals surface area contributed by atoms with E-state index in [0.717, 1.165) is 37.5 Å². The molecule has 4 rings (SSSR count). The predicted octanol–water partition coefficient (Wildman–Crippen LogP) is 4.81. The molecule has 27 heavy (non-hydrogen) atoms. The number of benzene rings is 2. The van der Waals surface area contributed by atoms with Crippen LogP contribution in [0.5, 0.6) is 0 Å². The molecule has 0 saturated carbocycles. The molecule has 0 saturated heterocycles. The summed E-state index contributed by atoms with van der Waals surface area (Å²) in [6.45, 7) is 4.03. The molecule has 0 fully saturated rings. The predicted molar refractivity (Wildman–Crippen MR) is 111 cm³/mol. The van der Waals surface area contributed by atoms with E-state index in [0.29, 0.717) is 11.4 Å². The minimum Gasteiger partial charge on any atom is -0.383 e. The Hall–Kier alpha value is -3.25. The van der Waals surface area contributed by atoms with Crippen molar-refractivity contribution in [3.8, 4) is 11.1 Å². The fourth-order valence-electron chi connectivity index (χ4n) is 3.13. The number of thiophene rings is 1. The second-order valence-electron chi connectivity index (χ2n) is 6.37. The number of nitrogen functional groups attached to an aromatic ring is 1. The van der Waals surface area contributed by atoms with E-state index in [-0.39, 0.29) is 5.91 Å². The molecule has 0 aliphatic rings. The third kappa shape index (κ3) is 3.27. The van der Waals surface area contributed by atoms with Gasteiger partial charge in [-0.3, -0.25) is 4.79 Å². The Bertz CT molecular complexity index is 1150. The van der Waals surface area contributed by atoms with Crippen molar-refractivity contribution in [2.45, 2.75) is 13.8 Å². The van der Waals surface area contributed by atoms with Gasteiger partial charge in [0.15, 0.2) is 0 Å². The SMILES string of the molecule is Cc1cccc(NC(=O)c2ccc(-c3c(C)sc4ncnc(N)c34)cc2)c1. The van der Waals surface area contributed by atoms with Gasteiger partial charge in [-0.15, -0.1) is 11.3 Å². The van der Waals surface area contributed by atoms with Gasteiger partial charge in [-0.2, -0.15) is 0 Å². The Balaban J connectivity index is 1.65. The highest BCUT2D eigenvalue weighted by Gasteiger charge is 2.16. The number of aromatic nitrogens is 2. The van der Waals surface area contributed by atoms with Crippen molar-refractivity contribution in [1.82, 2.24) is 9.97 Å². The van der Waals surface area contributed by atoms with Crippen molar-refractivity contribution in [3.63, 3.8) is 0 Å². The second-order valence-corrected chi connectivity index (χ2v) is 7.58. The van der Waals surface area contributed by atoms with Crippen molar-refractivity contribution < 1.29 is 4.79 Å². The van der Waals surface area contributed by atoms with Crippen LogP contribution in [0.3, 0.4) is 0 Å². The van der Waals surface area contributed by atoms with E-state index >= 15 is 0 Å². The largest absolute Gasteiger partial charge is 0.383 e. The van der Waals surface area contributed by atoms with E-state index < -0.39 is 0 Å². The molecule has 0 aliphatic carbocycles. The summed E-state index contributed by atoms with van der Waals surface area (Å²) >= 11 is 1.59. The number of hydrogen-bond acceptors (Lipinski definition) is 5. The fourth-order valence-corrected chi connectivity index (χ4v) is 4.15. The highest BCUT2D eigenvalue weighted by atomic mass is 32.1. The van der Waals surface area contributed by atoms with Gasteiger partial charge in [0.25, 0.3) is 5.91 Å². The first-order valence-electron chi connectivity index (χ1n) is 8.51. The number of amides is 1. The van der Waals surface area contributed by atoms with Crippen LogP contribution in [0.4, 0.5) is 11.5 Å². The minimum absolute atomic E-state index is 0.137. The number of rotatable bonds is 3. The smallest absolute Gasteiger partial charge is 0.255 e. The standard InChI is InChI=1S/C21H18N4OS/c1-12-4-3-5-16(10-12)25-20(26)15-8-6-14(7-9-15)17-13(2)27-21-18(17)19(22)23-11-24-21/h3-11H,1-2H3,(H,25,26)(H2,22,23,24). The number of aryl methyl sites for hydroxylation is 2. The van der Waals surface area contributed by atoms with Crippen LogP contribution in [0.25, 0.3) is 21.3 Å². The van der Waals surface area contributed by atoms with Gasteiger partial charge in [-0.05, 0) is 49.2 Å². The summed E-state index contributed by atoms with van der Waals surface area (Å²) in [6.07, 6.45) is 1.48. The van der Waals surface area contributed by atoms with Crippen molar-refractivity contribution >= 4 is 39.0 Å². The Morgan fingerprint density at radius 2 is 1.85 bits per heavy atom. The molecule has 0 atom stereocenters. The Morgan fingerprint density at radius 3 is 2.59 bits per heavy atom. The number of hydrogen-bond donors (Lipinski definition) is 2. The summed E-state index contributed by atoms with van der Waals surface area (Å²) in [7, 11) is 0. The van der Waals surface area contributed by atoms with Crippen LogP contribution < -0.4 is 11.1 Å². The van der Waals surface area contributed by atoms with Crippen molar-refractivity contribution in [3.05, 3.63) is 70.9 Å². The summed E-state index contributed by atoms with van der Waals surface area (Å²) in [5.41, 5.74) is 10.6. The first-order chi connectivity index (χ1) is 13.0. The molecule has 2 aromatic carbocycles. The zero-order chi connectivity index (χ0) is 19.0. The first kappa shape index (κ1) is 17.2. The minimum atomic E-state index is -0.137. The number of anilines is 2. The lowest BCUT2D eigenvalue weighted by atomic mass is 10.0. The molecule has 4 aromatic rings. The summed E-state index contributed by atoms with van der Waals surface area (Å²) in [5.74, 6) is 0.336. The zero-order valence-corrected chi connectivity index (χ0v) is 15.8. The third-order valence-corrected chi connectivity index (χ3v) is 5.42. The molecule has 2 heterocycles. The topological polar surface area (TPSA) is 80.9 Å². The number of nitrogens with two attached hydrogens (primary N) is 1. The lowest BCUT2D eigenvalue weighted by Crippen LogP contribution is -2.11. The lowest BCUT2D eigenvalue weighted by Gasteiger charge is -2.08. The molecule has 6 heteroatoms. The average Bonchev–Trinajstić information content (AvgIpc) is 2.99. The lowest BCUT2D eigenvalue weighted by molar-refractivity contribution is 0.102. The molecule has 1 amide bonds. The van der Waals surface area contributed by atoms with Crippen molar-refractivity contribution in [1.29, 1.82) is 0 Å². The van der Waals surface area contributed by atoms with E-state index in [1.807, 2.05) is 62.4 Å². The van der Waals surface area contributed by atoms with E-state index in [1.54, 1.807) is 11.3 Å². The van der Waals surface area contributed by atoms with Gasteiger partial charge >= 0.3 is 0 Å². The summed E-state index contributed by atoms with van der Waals surface area (Å²) in [5, 5.41) is 3.80. The summed E-state index contributed by atoms with van der Waals surface area (Å²) in [4.78, 5) is 22.9. The van der Waals surface area contributed by atoms with Gasteiger partial charge in [0, 0.05) is 21.7 Å². The van der Waals surface area contributed by atoms with Crippen LogP contribution >= 0.6 is 11.3 Å². The summed E-state index contributed by atoms with van der Waals surface area (Å²) in [6, 6.07) is 15.3. The van der Waals surface area contributed by atoms with Crippen LogP contribution in [-0.4, -0.2) is 15.9 Å². The van der Waals surface area contributed by atoms with Crippen LogP contribution in [0, 0.1) is 13.8 Å². The Labute approximate surface area is 160 Å². The summed E-state index contributed by atoms with van der Waals surface area (Å²) < 4.78 is 0. The van der Waals surface area contributed by atoms with E-state index in [2.05, 4.69) is 15.3 Å². The number of nitrogens with zero attached hydrogens (tertiary/aromatic N) is 2. The fraction of sp³-hybridized carbons (Fsp3) is 0.0952. The molecule has 0 aliphatic heterocycles. The normalized spacial score (nSPS) is 10.9. The van der Waals surface area contributed by atoms with Gasteiger partial charge < -0.3 is 11.1 Å². The average molecular weight is 374 g/mol. The van der Waals surface area contributed by atoms with Gasteiger partial charge in [0.05, 0.1) is 5.39 Å². The van der Waals surface area contributed by atoms with E-state index in [4.69, 9.17) is 5.73 Å². The second kappa shape index (κ2) is 6.81. The number of fused-ring (bicyclic) bond motifs is 1. The van der Waals surface area contributed by atoms with Gasteiger partial charge in [-0.25, -0.2) is 9.97 Å². The zero-order valence-electron chi connectivity index (χ0n) is 15.0. The molecule has 0 bridgehead atoms. The molecule has 2 aromatic heterocycles. The highest BCUT2D eigenvalue weighted by Crippen LogP contribution is 2.39. The maximum absolute atomic E-state index is 12.5. The molecular formula is C21H18N4OS. The van der Waals surface area contributed by atoms with E-state index in [1.165, 1.54) is 6.33 Å². The molecule has 5 nitrogen and oxygen atoms in total. The van der Waals surface area contributed by atoms with E-state index in [9.17, 15) is 4.79 Å². The van der Waals surface area contributed by atoms with Gasteiger partial charge in [0.1, 0.15) is 17.0 Å². The molecule has 0 spiro atoms. The number of nitrogens with one attached hydrogen (secondary N) is 1. The van der Waals surface area contributed by atoms with Crippen LogP contribution in [0.1, 0.15) is 20.8 Å². The van der Waals surface area contributed by atoms with Crippen molar-refractivity contribution in [2.24, 2.45) is 0 Å². The molecule has 0 radical (unpaired) electrons. The van der Waals surface area contributed by atoms with Crippen LogP contribution in [0.2, 0.25) is 0 Å². The van der Waals surface area contributed by atoms with Gasteiger partial charge in [0.2, 0.25) is 0 Å². The molecule has 134 valence electrons. The van der Waals surface area contributed by atoms with Crippen molar-refractivity contribution in [2.75, 3.05) is 11.1 Å². The molecule has 3 N–H and O–H groups in total. The first-order valence-corrected chi connectivity index (χ1v) is 9.32. The van der Waals surface area contributed by atoms with Gasteiger partial charge in [-0.1, -0.05) is 24.3 Å². The van der Waals surface area contributed by atoms with Crippen LogP contribution in [-0.2, 0) is 0 Å². The van der Waals surface area contributed by atoms with Crippen LogP contribution in [0.15, 0.2) is 54.9 Å². The Morgan fingerprint density at radius 1 is 1.07 bits per heavy atom. The Kier molecular flexibility index (Phi) is 4.33. The monoisotopic (exact) mass is 374 g/mol. The molecular weight excluding hydrogens is 356 g/mol.